The summed E-state index contributed by atoms with van der Waals surface area (Å²) in [5.74, 6) is -3.78. The van der Waals surface area contributed by atoms with Crippen LogP contribution in [0.15, 0.2) is 0 Å². The molecule has 11 heteroatoms. The molecule has 0 aliphatic carbocycles. The zero-order chi connectivity index (χ0) is 18.7. The van der Waals surface area contributed by atoms with Crippen LogP contribution in [0.2, 0.25) is 0 Å². The molecule has 0 bridgehead atoms. The fourth-order valence-corrected chi connectivity index (χ4v) is 1.80. The van der Waals surface area contributed by atoms with Gasteiger partial charge in [-0.15, -0.1) is 0 Å². The molecule has 0 fully saturated rings. The van der Waals surface area contributed by atoms with Crippen LogP contribution in [0.4, 0.5) is 0 Å². The van der Waals surface area contributed by atoms with Crippen molar-refractivity contribution in [3.63, 3.8) is 0 Å². The third kappa shape index (κ3) is 8.41. The first kappa shape index (κ1) is 21.8. The lowest BCUT2D eigenvalue weighted by Crippen LogP contribution is -2.56. The Hall–Kier alpha value is -2.24. The van der Waals surface area contributed by atoms with Gasteiger partial charge in [0.2, 0.25) is 17.7 Å². The Labute approximate surface area is 138 Å². The highest BCUT2D eigenvalue weighted by Crippen LogP contribution is 2.02. The number of amides is 3. The molecule has 0 aliphatic rings. The Morgan fingerprint density at radius 1 is 1.00 bits per heavy atom. The van der Waals surface area contributed by atoms with Crippen molar-refractivity contribution in [1.29, 1.82) is 0 Å². The normalized spacial score (nSPS) is 14.3. The Bertz CT molecular complexity index is 458. The molecule has 0 unspecified atom stereocenters. The largest absolute Gasteiger partial charge is 0.480 e. The van der Waals surface area contributed by atoms with Crippen molar-refractivity contribution in [2.24, 2.45) is 17.2 Å². The summed E-state index contributed by atoms with van der Waals surface area (Å²) >= 11 is 0. The summed E-state index contributed by atoms with van der Waals surface area (Å²) in [6.07, 6.45) is 0.823. The zero-order valence-electron chi connectivity index (χ0n) is 13.2. The minimum Gasteiger partial charge on any atom is -0.480 e. The topological polar surface area (TPSA) is 211 Å². The second-order valence-electron chi connectivity index (χ2n) is 5.20. The van der Waals surface area contributed by atoms with Gasteiger partial charge < -0.3 is 38.0 Å². The number of hydrogen-bond donors (Lipinski definition) is 7. The van der Waals surface area contributed by atoms with Gasteiger partial charge in [-0.25, -0.2) is 4.79 Å². The van der Waals surface area contributed by atoms with Crippen molar-refractivity contribution in [3.05, 3.63) is 0 Å². The molecule has 0 rings (SSSR count). The van der Waals surface area contributed by atoms with E-state index in [0.29, 0.717) is 19.4 Å². The number of rotatable bonds is 12. The first-order valence-corrected chi connectivity index (χ1v) is 7.41. The van der Waals surface area contributed by atoms with E-state index in [1.807, 2.05) is 0 Å². The highest BCUT2D eigenvalue weighted by atomic mass is 16.4. The molecule has 0 aliphatic heterocycles. The van der Waals surface area contributed by atoms with E-state index in [4.69, 9.17) is 22.3 Å². The first-order valence-electron chi connectivity index (χ1n) is 7.41. The van der Waals surface area contributed by atoms with Gasteiger partial charge in [-0.3, -0.25) is 14.4 Å². The van der Waals surface area contributed by atoms with E-state index in [1.165, 1.54) is 0 Å². The lowest BCUT2D eigenvalue weighted by atomic mass is 10.1. The van der Waals surface area contributed by atoms with E-state index in [1.54, 1.807) is 0 Å². The predicted octanol–water partition coefficient (Wildman–Crippen LogP) is -3.64. The summed E-state index contributed by atoms with van der Waals surface area (Å²) in [6, 6.07) is -3.84. The van der Waals surface area contributed by atoms with E-state index >= 15 is 0 Å². The lowest BCUT2D eigenvalue weighted by Gasteiger charge is -2.21. The van der Waals surface area contributed by atoms with Gasteiger partial charge in [-0.05, 0) is 25.8 Å². The molecule has 11 nitrogen and oxygen atoms in total. The van der Waals surface area contributed by atoms with E-state index in [2.05, 4.69) is 10.6 Å². The number of aliphatic carboxylic acids is 1. The SMILES string of the molecule is NCCCC[C@H](NC(=O)[C@H](CO)NC(=O)[C@@H](N)CC(N)=O)C(=O)O. The molecule has 24 heavy (non-hydrogen) atoms. The van der Waals surface area contributed by atoms with Gasteiger partial charge in [0, 0.05) is 0 Å². The summed E-state index contributed by atoms with van der Waals surface area (Å²) in [6.45, 7) is -0.372. The quantitative estimate of drug-likeness (QED) is 0.174. The maximum absolute atomic E-state index is 12.0. The van der Waals surface area contributed by atoms with E-state index in [-0.39, 0.29) is 6.42 Å². The van der Waals surface area contributed by atoms with Crippen LogP contribution in [-0.4, -0.2) is 65.2 Å². The molecule has 0 aromatic carbocycles. The average molecular weight is 347 g/mol. The van der Waals surface area contributed by atoms with Gasteiger partial charge in [0.05, 0.1) is 19.1 Å². The van der Waals surface area contributed by atoms with Crippen molar-refractivity contribution in [2.45, 2.75) is 43.8 Å². The van der Waals surface area contributed by atoms with Crippen molar-refractivity contribution in [3.8, 4) is 0 Å². The Morgan fingerprint density at radius 3 is 2.04 bits per heavy atom. The van der Waals surface area contributed by atoms with E-state index in [9.17, 15) is 24.3 Å². The number of aliphatic hydroxyl groups excluding tert-OH is 1. The van der Waals surface area contributed by atoms with Crippen molar-refractivity contribution in [2.75, 3.05) is 13.2 Å². The molecule has 0 saturated carbocycles. The van der Waals surface area contributed by atoms with Crippen LogP contribution in [0.25, 0.3) is 0 Å². The number of aliphatic hydroxyl groups is 1. The number of primary amides is 1. The minimum atomic E-state index is -1.40. The van der Waals surface area contributed by atoms with Crippen LogP contribution in [0.1, 0.15) is 25.7 Å². The maximum Gasteiger partial charge on any atom is 0.326 e. The fourth-order valence-electron chi connectivity index (χ4n) is 1.80. The Balaban J connectivity index is 4.67. The monoisotopic (exact) mass is 347 g/mol. The van der Waals surface area contributed by atoms with Crippen LogP contribution < -0.4 is 27.8 Å². The van der Waals surface area contributed by atoms with Gasteiger partial charge in [-0.1, -0.05) is 0 Å². The summed E-state index contributed by atoms with van der Waals surface area (Å²) in [5, 5.41) is 22.6. The molecule has 0 aromatic rings. The summed E-state index contributed by atoms with van der Waals surface area (Å²) in [5.41, 5.74) is 15.6. The van der Waals surface area contributed by atoms with Gasteiger partial charge in [-0.2, -0.15) is 0 Å². The van der Waals surface area contributed by atoms with Crippen molar-refractivity contribution >= 4 is 23.7 Å². The van der Waals surface area contributed by atoms with Crippen LogP contribution >= 0.6 is 0 Å². The molecule has 3 atom stereocenters. The second kappa shape index (κ2) is 11.3. The average Bonchev–Trinajstić information content (AvgIpc) is 2.50. The number of carbonyl (C=O) groups excluding carboxylic acids is 3. The number of unbranched alkanes of at least 4 members (excludes halogenated alkanes) is 1. The fraction of sp³-hybridized carbons (Fsp3) is 0.692. The predicted molar refractivity (Wildman–Crippen MR) is 83.3 cm³/mol. The summed E-state index contributed by atoms with van der Waals surface area (Å²) in [7, 11) is 0. The van der Waals surface area contributed by atoms with Crippen LogP contribution in [0.5, 0.6) is 0 Å². The van der Waals surface area contributed by atoms with Crippen LogP contribution in [0.3, 0.4) is 0 Å². The summed E-state index contributed by atoms with van der Waals surface area (Å²) in [4.78, 5) is 45.5. The zero-order valence-corrected chi connectivity index (χ0v) is 13.2. The minimum absolute atomic E-state index is 0.158. The number of nitrogens with two attached hydrogens (primary N) is 3. The number of carbonyl (C=O) groups is 4. The molecule has 0 radical (unpaired) electrons. The number of hydrogen-bond acceptors (Lipinski definition) is 7. The maximum atomic E-state index is 12.0. The summed E-state index contributed by atoms with van der Waals surface area (Å²) < 4.78 is 0. The number of nitrogens with one attached hydrogen (secondary N) is 2. The number of carboxylic acid groups (broad SMARTS) is 1. The van der Waals surface area contributed by atoms with E-state index < -0.39 is 54.8 Å². The Kier molecular flexibility index (Phi) is 10.3. The van der Waals surface area contributed by atoms with Crippen molar-refractivity contribution in [1.82, 2.24) is 10.6 Å². The smallest absolute Gasteiger partial charge is 0.326 e. The molecular formula is C13H25N5O6. The third-order valence-corrected chi connectivity index (χ3v) is 3.13. The van der Waals surface area contributed by atoms with Gasteiger partial charge in [0.25, 0.3) is 0 Å². The van der Waals surface area contributed by atoms with E-state index in [0.717, 1.165) is 0 Å². The van der Waals surface area contributed by atoms with Gasteiger partial charge in [0.15, 0.2) is 0 Å². The lowest BCUT2D eigenvalue weighted by molar-refractivity contribution is -0.142. The van der Waals surface area contributed by atoms with Crippen molar-refractivity contribution < 1.29 is 29.4 Å². The molecule has 0 spiro atoms. The molecule has 138 valence electrons. The second-order valence-corrected chi connectivity index (χ2v) is 5.20. The molecule has 3 amide bonds. The standard InChI is InChI=1S/C13H25N5O6/c14-4-2-1-3-8(13(23)24)17-12(22)9(6-19)18-11(21)7(15)5-10(16)20/h7-9,19H,1-6,14-15H2,(H2,16,20)(H,17,22)(H,18,21)(H,23,24)/t7-,8-,9-/m0/s1. The van der Waals surface area contributed by atoms with Crippen LogP contribution in [0, 0.1) is 0 Å². The number of carboxylic acids is 1. The molecule has 10 N–H and O–H groups in total. The molecule has 0 aromatic heterocycles. The van der Waals surface area contributed by atoms with Gasteiger partial charge in [0.1, 0.15) is 12.1 Å². The molecular weight excluding hydrogens is 322 g/mol. The van der Waals surface area contributed by atoms with Gasteiger partial charge >= 0.3 is 5.97 Å². The highest BCUT2D eigenvalue weighted by Gasteiger charge is 2.27. The highest BCUT2D eigenvalue weighted by molar-refractivity contribution is 5.93. The molecule has 0 heterocycles. The third-order valence-electron chi connectivity index (χ3n) is 3.13. The Morgan fingerprint density at radius 2 is 1.58 bits per heavy atom. The van der Waals surface area contributed by atoms with Crippen LogP contribution in [-0.2, 0) is 19.2 Å². The first-order chi connectivity index (χ1) is 11.2. The molecule has 0 saturated heterocycles.